The number of nitrogens with zero attached hydrogens (tertiary/aromatic N) is 1. The molecular formula is C14H18BrN3OS. The van der Waals surface area contributed by atoms with E-state index in [9.17, 15) is 4.79 Å². The van der Waals surface area contributed by atoms with E-state index in [1.807, 2.05) is 12.1 Å². The standard InChI is InChI=1S/C14H18BrN3OS/c15-11-2-1-7-17-12(11)20-10-5-6-14(8-10,13(16)19)18-9-3-4-9/h1-2,7,9-10,18H,3-6,8H2,(H2,16,19). The molecule has 0 aliphatic heterocycles. The van der Waals surface area contributed by atoms with Crippen LogP contribution in [0.2, 0.25) is 0 Å². The SMILES string of the molecule is NC(=O)C1(NC2CC2)CCC(Sc2ncccc2Br)C1. The van der Waals surface area contributed by atoms with Crippen molar-refractivity contribution in [2.45, 2.75) is 54.0 Å². The fourth-order valence-corrected chi connectivity index (χ4v) is 4.52. The summed E-state index contributed by atoms with van der Waals surface area (Å²) in [5.74, 6) is -0.201. The molecule has 3 N–H and O–H groups in total. The fraction of sp³-hybridized carbons (Fsp3) is 0.571. The number of hydrogen-bond donors (Lipinski definition) is 2. The Hall–Kier alpha value is -0.590. The summed E-state index contributed by atoms with van der Waals surface area (Å²) in [6, 6.07) is 4.40. The van der Waals surface area contributed by atoms with Crippen molar-refractivity contribution >= 4 is 33.6 Å². The van der Waals surface area contributed by atoms with Gasteiger partial charge in [0.05, 0.1) is 5.54 Å². The number of thioether (sulfide) groups is 1. The van der Waals surface area contributed by atoms with Crippen LogP contribution < -0.4 is 11.1 Å². The number of rotatable bonds is 5. The van der Waals surface area contributed by atoms with Crippen molar-refractivity contribution in [1.29, 1.82) is 0 Å². The lowest BCUT2D eigenvalue weighted by Gasteiger charge is -2.27. The Morgan fingerprint density at radius 1 is 1.50 bits per heavy atom. The van der Waals surface area contributed by atoms with Gasteiger partial charge in [0.2, 0.25) is 5.91 Å². The summed E-state index contributed by atoms with van der Waals surface area (Å²) < 4.78 is 1.01. The van der Waals surface area contributed by atoms with Crippen LogP contribution in [-0.4, -0.2) is 27.7 Å². The number of nitrogens with two attached hydrogens (primary N) is 1. The van der Waals surface area contributed by atoms with E-state index in [-0.39, 0.29) is 5.91 Å². The minimum atomic E-state index is -0.500. The van der Waals surface area contributed by atoms with Gasteiger partial charge in [-0.15, -0.1) is 11.8 Å². The molecule has 2 saturated carbocycles. The fourth-order valence-electron chi connectivity index (χ4n) is 2.76. The molecule has 4 nitrogen and oxygen atoms in total. The number of hydrogen-bond acceptors (Lipinski definition) is 4. The van der Waals surface area contributed by atoms with E-state index < -0.39 is 5.54 Å². The molecule has 2 unspecified atom stereocenters. The van der Waals surface area contributed by atoms with Gasteiger partial charge in [-0.25, -0.2) is 4.98 Å². The lowest BCUT2D eigenvalue weighted by molar-refractivity contribution is -0.124. The molecule has 0 aromatic carbocycles. The Morgan fingerprint density at radius 2 is 2.30 bits per heavy atom. The number of primary amides is 1. The van der Waals surface area contributed by atoms with Crippen LogP contribution in [-0.2, 0) is 4.79 Å². The third-order valence-electron chi connectivity index (χ3n) is 4.00. The summed E-state index contributed by atoms with van der Waals surface area (Å²) >= 11 is 5.26. The van der Waals surface area contributed by atoms with Gasteiger partial charge >= 0.3 is 0 Å². The summed E-state index contributed by atoms with van der Waals surface area (Å²) in [7, 11) is 0. The first-order valence-corrected chi connectivity index (χ1v) is 8.61. The molecule has 0 spiro atoms. The van der Waals surface area contributed by atoms with Crippen LogP contribution in [0.5, 0.6) is 0 Å². The molecule has 2 atom stereocenters. The van der Waals surface area contributed by atoms with Gasteiger partial charge in [-0.3, -0.25) is 4.79 Å². The highest BCUT2D eigenvalue weighted by Gasteiger charge is 2.47. The highest BCUT2D eigenvalue weighted by atomic mass is 79.9. The van der Waals surface area contributed by atoms with Crippen LogP contribution >= 0.6 is 27.7 Å². The molecule has 0 radical (unpaired) electrons. The topological polar surface area (TPSA) is 68.0 Å². The molecule has 1 amide bonds. The van der Waals surface area contributed by atoms with Crippen molar-refractivity contribution in [2.75, 3.05) is 0 Å². The van der Waals surface area contributed by atoms with Gasteiger partial charge in [0.15, 0.2) is 0 Å². The van der Waals surface area contributed by atoms with E-state index >= 15 is 0 Å². The number of carbonyl (C=O) groups is 1. The number of nitrogens with one attached hydrogen (secondary N) is 1. The molecule has 108 valence electrons. The average molecular weight is 356 g/mol. The lowest BCUT2D eigenvalue weighted by atomic mass is 9.96. The molecule has 2 aliphatic rings. The van der Waals surface area contributed by atoms with Gasteiger partial charge in [-0.05, 0) is 60.2 Å². The largest absolute Gasteiger partial charge is 0.368 e. The smallest absolute Gasteiger partial charge is 0.237 e. The van der Waals surface area contributed by atoms with Crippen LogP contribution in [0.15, 0.2) is 27.8 Å². The van der Waals surface area contributed by atoms with Crippen molar-refractivity contribution in [2.24, 2.45) is 5.73 Å². The van der Waals surface area contributed by atoms with Crippen LogP contribution in [0, 0.1) is 0 Å². The molecule has 6 heteroatoms. The molecule has 1 aromatic heterocycles. The number of halogens is 1. The Balaban J connectivity index is 1.68. The molecule has 0 bridgehead atoms. The first kappa shape index (κ1) is 14.4. The first-order valence-electron chi connectivity index (χ1n) is 6.94. The van der Waals surface area contributed by atoms with E-state index in [0.717, 1.165) is 28.8 Å². The predicted octanol–water partition coefficient (Wildman–Crippen LogP) is 2.46. The van der Waals surface area contributed by atoms with Crippen molar-refractivity contribution in [1.82, 2.24) is 10.3 Å². The number of amides is 1. The maximum Gasteiger partial charge on any atom is 0.237 e. The molecule has 1 heterocycles. The van der Waals surface area contributed by atoms with Crippen molar-refractivity contribution in [3.63, 3.8) is 0 Å². The van der Waals surface area contributed by atoms with Crippen LogP contribution in [0.4, 0.5) is 0 Å². The van der Waals surface area contributed by atoms with E-state index in [0.29, 0.717) is 11.3 Å². The number of carbonyl (C=O) groups excluding carboxylic acids is 1. The van der Waals surface area contributed by atoms with Crippen LogP contribution in [0.3, 0.4) is 0 Å². The Kier molecular flexibility index (Phi) is 4.06. The molecule has 1 aromatic rings. The van der Waals surface area contributed by atoms with Crippen LogP contribution in [0.1, 0.15) is 32.1 Å². The second-order valence-corrected chi connectivity index (χ2v) is 7.78. The molecule has 3 rings (SSSR count). The van der Waals surface area contributed by atoms with Gasteiger partial charge < -0.3 is 11.1 Å². The second kappa shape index (κ2) is 5.66. The predicted molar refractivity (Wildman–Crippen MR) is 83.5 cm³/mol. The van der Waals surface area contributed by atoms with Gasteiger partial charge in [0, 0.05) is 22.0 Å². The van der Waals surface area contributed by atoms with E-state index in [1.54, 1.807) is 18.0 Å². The zero-order valence-electron chi connectivity index (χ0n) is 11.1. The molecule has 2 aliphatic carbocycles. The third-order valence-corrected chi connectivity index (χ3v) is 6.19. The van der Waals surface area contributed by atoms with Crippen molar-refractivity contribution in [3.05, 3.63) is 22.8 Å². The van der Waals surface area contributed by atoms with Gasteiger partial charge in [0.25, 0.3) is 0 Å². The minimum absolute atomic E-state index is 0.201. The Labute approximate surface area is 131 Å². The summed E-state index contributed by atoms with van der Waals surface area (Å²) in [6.45, 7) is 0. The summed E-state index contributed by atoms with van der Waals surface area (Å²) in [4.78, 5) is 16.3. The Morgan fingerprint density at radius 3 is 2.95 bits per heavy atom. The molecular weight excluding hydrogens is 338 g/mol. The van der Waals surface area contributed by atoms with E-state index in [2.05, 4.69) is 26.2 Å². The maximum absolute atomic E-state index is 11.9. The molecule has 2 fully saturated rings. The summed E-state index contributed by atoms with van der Waals surface area (Å²) in [5, 5.41) is 4.85. The van der Waals surface area contributed by atoms with Gasteiger partial charge in [-0.2, -0.15) is 0 Å². The molecule has 20 heavy (non-hydrogen) atoms. The average Bonchev–Trinajstić information content (AvgIpc) is 3.12. The zero-order chi connectivity index (χ0) is 14.2. The summed E-state index contributed by atoms with van der Waals surface area (Å²) in [5.41, 5.74) is 5.16. The first-order chi connectivity index (χ1) is 9.59. The number of pyridine rings is 1. The van der Waals surface area contributed by atoms with E-state index in [4.69, 9.17) is 5.73 Å². The second-order valence-electron chi connectivity index (χ2n) is 5.64. The minimum Gasteiger partial charge on any atom is -0.368 e. The highest BCUT2D eigenvalue weighted by Crippen LogP contribution is 2.42. The normalized spacial score (nSPS) is 29.6. The summed E-state index contributed by atoms with van der Waals surface area (Å²) in [6.07, 6.45) is 6.76. The van der Waals surface area contributed by atoms with Crippen molar-refractivity contribution in [3.8, 4) is 0 Å². The Bertz CT molecular complexity index is 523. The van der Waals surface area contributed by atoms with Crippen LogP contribution in [0.25, 0.3) is 0 Å². The number of aromatic nitrogens is 1. The highest BCUT2D eigenvalue weighted by molar-refractivity contribution is 9.10. The lowest BCUT2D eigenvalue weighted by Crippen LogP contribution is -2.54. The zero-order valence-corrected chi connectivity index (χ0v) is 13.5. The van der Waals surface area contributed by atoms with Gasteiger partial charge in [-0.1, -0.05) is 0 Å². The maximum atomic E-state index is 11.9. The van der Waals surface area contributed by atoms with E-state index in [1.165, 1.54) is 12.8 Å². The van der Waals surface area contributed by atoms with Gasteiger partial charge in [0.1, 0.15) is 5.03 Å². The molecule has 0 saturated heterocycles. The van der Waals surface area contributed by atoms with Crippen molar-refractivity contribution < 1.29 is 4.79 Å². The monoisotopic (exact) mass is 355 g/mol. The third kappa shape index (κ3) is 3.02. The quantitative estimate of drug-likeness (QED) is 0.851.